The molecule has 0 amide bonds. The van der Waals surface area contributed by atoms with Crippen LogP contribution >= 0.6 is 0 Å². The van der Waals surface area contributed by atoms with Crippen LogP contribution in [0.15, 0.2) is 24.5 Å². The van der Waals surface area contributed by atoms with Gasteiger partial charge in [-0.15, -0.1) is 0 Å². The number of esters is 1. The van der Waals surface area contributed by atoms with Gasteiger partial charge in [-0.25, -0.2) is 4.79 Å². The predicted molar refractivity (Wildman–Crippen MR) is 57.2 cm³/mol. The van der Waals surface area contributed by atoms with Gasteiger partial charge in [0.2, 0.25) is 0 Å². The molecule has 0 radical (unpaired) electrons. The molecular weight excluding hydrogens is 208 g/mol. The lowest BCUT2D eigenvalue weighted by Crippen LogP contribution is -2.05. The Hall–Kier alpha value is -2.17. The van der Waals surface area contributed by atoms with E-state index in [1.165, 1.54) is 24.5 Å². The van der Waals surface area contributed by atoms with Crippen molar-refractivity contribution in [2.45, 2.75) is 6.92 Å². The number of ether oxygens (including phenoxy) is 1. The maximum atomic E-state index is 11.5. The third-order valence-corrected chi connectivity index (χ3v) is 2.08. The van der Waals surface area contributed by atoms with Crippen LogP contribution in [0.25, 0.3) is 11.0 Å². The molecule has 0 fully saturated rings. The van der Waals surface area contributed by atoms with E-state index < -0.39 is 5.97 Å². The van der Waals surface area contributed by atoms with E-state index in [0.717, 1.165) is 0 Å². The molecule has 1 aromatic heterocycles. The van der Waals surface area contributed by atoms with Gasteiger partial charge >= 0.3 is 5.97 Å². The Morgan fingerprint density at radius 3 is 2.56 bits per heavy atom. The minimum atomic E-state index is -0.562. The number of nitrogens with zero attached hydrogens (tertiary/aromatic N) is 2. The zero-order valence-corrected chi connectivity index (χ0v) is 8.67. The first-order chi connectivity index (χ1) is 7.72. The van der Waals surface area contributed by atoms with E-state index in [9.17, 15) is 9.90 Å². The van der Waals surface area contributed by atoms with Crippen LogP contribution in [0.5, 0.6) is 5.75 Å². The number of benzene rings is 1. The zero-order valence-electron chi connectivity index (χ0n) is 8.67. The molecule has 0 bridgehead atoms. The van der Waals surface area contributed by atoms with Gasteiger partial charge in [-0.2, -0.15) is 0 Å². The van der Waals surface area contributed by atoms with Crippen LogP contribution in [0, 0.1) is 0 Å². The summed E-state index contributed by atoms with van der Waals surface area (Å²) < 4.78 is 4.81. The van der Waals surface area contributed by atoms with Gasteiger partial charge in [0, 0.05) is 18.5 Å². The van der Waals surface area contributed by atoms with Crippen molar-refractivity contribution in [3.05, 3.63) is 30.1 Å². The second kappa shape index (κ2) is 4.14. The van der Waals surface area contributed by atoms with Gasteiger partial charge in [-0.1, -0.05) is 0 Å². The van der Waals surface area contributed by atoms with Crippen molar-refractivity contribution in [3.8, 4) is 5.75 Å². The SMILES string of the molecule is CCOC(=O)c1cc2nccnc2cc1O. The van der Waals surface area contributed by atoms with Gasteiger partial charge < -0.3 is 9.84 Å². The topological polar surface area (TPSA) is 72.3 Å². The number of aromatic nitrogens is 2. The minimum absolute atomic E-state index is 0.106. The molecule has 1 heterocycles. The molecule has 0 saturated carbocycles. The maximum absolute atomic E-state index is 11.5. The Kier molecular flexibility index (Phi) is 2.68. The molecule has 5 heteroatoms. The van der Waals surface area contributed by atoms with Crippen molar-refractivity contribution in [3.63, 3.8) is 0 Å². The number of fused-ring (bicyclic) bond motifs is 1. The number of aromatic hydroxyl groups is 1. The van der Waals surface area contributed by atoms with Crippen LogP contribution in [-0.2, 0) is 4.74 Å². The van der Waals surface area contributed by atoms with Gasteiger partial charge in [0.25, 0.3) is 0 Å². The summed E-state index contributed by atoms with van der Waals surface area (Å²) in [6.07, 6.45) is 3.04. The molecule has 0 aliphatic rings. The lowest BCUT2D eigenvalue weighted by molar-refractivity contribution is 0.0523. The van der Waals surface area contributed by atoms with Crippen LogP contribution in [-0.4, -0.2) is 27.7 Å². The number of rotatable bonds is 2. The molecule has 82 valence electrons. The van der Waals surface area contributed by atoms with Crippen LogP contribution in [0.1, 0.15) is 17.3 Å². The summed E-state index contributed by atoms with van der Waals surface area (Å²) in [6.45, 7) is 1.96. The zero-order chi connectivity index (χ0) is 11.5. The van der Waals surface area contributed by atoms with Crippen LogP contribution < -0.4 is 0 Å². The lowest BCUT2D eigenvalue weighted by Gasteiger charge is -2.05. The molecule has 0 saturated heterocycles. The summed E-state index contributed by atoms with van der Waals surface area (Å²) in [5.74, 6) is -0.709. The van der Waals surface area contributed by atoms with E-state index in [1.807, 2.05) is 0 Å². The first-order valence-electron chi connectivity index (χ1n) is 4.83. The van der Waals surface area contributed by atoms with Crippen LogP contribution in [0.3, 0.4) is 0 Å². The maximum Gasteiger partial charge on any atom is 0.341 e. The Bertz CT molecular complexity index is 540. The number of phenols is 1. The molecular formula is C11H10N2O3. The van der Waals surface area contributed by atoms with Gasteiger partial charge in [-0.05, 0) is 13.0 Å². The highest BCUT2D eigenvalue weighted by Gasteiger charge is 2.13. The second-order valence-electron chi connectivity index (χ2n) is 3.13. The third-order valence-electron chi connectivity index (χ3n) is 2.08. The molecule has 16 heavy (non-hydrogen) atoms. The molecule has 5 nitrogen and oxygen atoms in total. The summed E-state index contributed by atoms with van der Waals surface area (Å²) >= 11 is 0. The van der Waals surface area contributed by atoms with Gasteiger partial charge in [0.05, 0.1) is 17.6 Å². The minimum Gasteiger partial charge on any atom is -0.507 e. The first-order valence-corrected chi connectivity index (χ1v) is 4.83. The van der Waals surface area contributed by atoms with E-state index in [-0.39, 0.29) is 17.9 Å². The standard InChI is InChI=1S/C11H10N2O3/c1-2-16-11(15)7-5-8-9(6-10(7)14)13-4-3-12-8/h3-6,14H,2H2,1H3. The monoisotopic (exact) mass is 218 g/mol. The van der Waals surface area contributed by atoms with E-state index in [1.54, 1.807) is 6.92 Å². The average molecular weight is 218 g/mol. The first kappa shape index (κ1) is 10.4. The summed E-state index contributed by atoms with van der Waals surface area (Å²) in [7, 11) is 0. The number of carbonyl (C=O) groups is 1. The molecule has 0 aliphatic heterocycles. The third kappa shape index (κ3) is 1.79. The van der Waals surface area contributed by atoms with E-state index in [0.29, 0.717) is 11.0 Å². The number of phenolic OH excluding ortho intramolecular Hbond substituents is 1. The van der Waals surface area contributed by atoms with E-state index >= 15 is 0 Å². The molecule has 0 atom stereocenters. The molecule has 0 spiro atoms. The molecule has 2 rings (SSSR count). The van der Waals surface area contributed by atoms with E-state index in [4.69, 9.17) is 4.74 Å². The van der Waals surface area contributed by atoms with Gasteiger partial charge in [-0.3, -0.25) is 9.97 Å². The molecule has 2 aromatic rings. The fourth-order valence-electron chi connectivity index (χ4n) is 1.37. The number of hydrogen-bond donors (Lipinski definition) is 1. The molecule has 0 unspecified atom stereocenters. The fourth-order valence-corrected chi connectivity index (χ4v) is 1.37. The van der Waals surface area contributed by atoms with Crippen molar-refractivity contribution < 1.29 is 14.6 Å². The van der Waals surface area contributed by atoms with Crippen molar-refractivity contribution in [1.29, 1.82) is 0 Å². The summed E-state index contributed by atoms with van der Waals surface area (Å²) in [5.41, 5.74) is 1.19. The molecule has 1 aromatic carbocycles. The highest BCUT2D eigenvalue weighted by atomic mass is 16.5. The van der Waals surface area contributed by atoms with Crippen molar-refractivity contribution in [1.82, 2.24) is 9.97 Å². The van der Waals surface area contributed by atoms with Crippen molar-refractivity contribution in [2.75, 3.05) is 6.61 Å². The highest BCUT2D eigenvalue weighted by molar-refractivity contribution is 5.96. The van der Waals surface area contributed by atoms with Gasteiger partial charge in [0.1, 0.15) is 11.3 Å². The van der Waals surface area contributed by atoms with Crippen molar-refractivity contribution >= 4 is 17.0 Å². The lowest BCUT2D eigenvalue weighted by atomic mass is 10.1. The Morgan fingerprint density at radius 2 is 1.94 bits per heavy atom. The molecule has 0 aliphatic carbocycles. The Morgan fingerprint density at radius 1 is 1.31 bits per heavy atom. The Balaban J connectivity index is 2.54. The van der Waals surface area contributed by atoms with Crippen molar-refractivity contribution in [2.24, 2.45) is 0 Å². The Labute approximate surface area is 91.7 Å². The van der Waals surface area contributed by atoms with Crippen LogP contribution in [0.4, 0.5) is 0 Å². The van der Waals surface area contributed by atoms with Crippen LogP contribution in [0.2, 0.25) is 0 Å². The average Bonchev–Trinajstić information content (AvgIpc) is 2.28. The summed E-state index contributed by atoms with van der Waals surface area (Å²) in [4.78, 5) is 19.5. The molecule has 1 N–H and O–H groups in total. The summed E-state index contributed by atoms with van der Waals surface area (Å²) in [5, 5.41) is 9.64. The summed E-state index contributed by atoms with van der Waals surface area (Å²) in [6, 6.07) is 2.87. The smallest absolute Gasteiger partial charge is 0.341 e. The highest BCUT2D eigenvalue weighted by Crippen LogP contribution is 2.22. The number of carbonyl (C=O) groups excluding carboxylic acids is 1. The fraction of sp³-hybridized carbons (Fsp3) is 0.182. The normalized spacial score (nSPS) is 10.3. The van der Waals surface area contributed by atoms with Gasteiger partial charge in [0.15, 0.2) is 0 Å². The van der Waals surface area contributed by atoms with E-state index in [2.05, 4.69) is 9.97 Å². The number of hydrogen-bond acceptors (Lipinski definition) is 5. The predicted octanol–water partition coefficient (Wildman–Crippen LogP) is 1.51. The quantitative estimate of drug-likeness (QED) is 0.773. The largest absolute Gasteiger partial charge is 0.507 e. The second-order valence-corrected chi connectivity index (χ2v) is 3.13.